The van der Waals surface area contributed by atoms with Gasteiger partial charge >= 0.3 is 5.97 Å². The molecule has 2 N–H and O–H groups in total. The maximum atomic E-state index is 14.7. The van der Waals surface area contributed by atoms with Crippen LogP contribution in [-0.2, 0) is 4.79 Å². The Kier molecular flexibility index (Phi) is 5.87. The number of anilines is 2. The molecule has 1 aliphatic rings. The van der Waals surface area contributed by atoms with E-state index in [0.717, 1.165) is 22.6 Å². The highest BCUT2D eigenvalue weighted by atomic mass is 32.1. The topological polar surface area (TPSA) is 79.3 Å². The third-order valence-electron chi connectivity index (χ3n) is 5.91. The number of Topliss-reactive ketones (excluding diaryl/α,β-unsaturated/α-hetero) is 1. The predicted octanol–water partition coefficient (Wildman–Crippen LogP) is 5.99. The van der Waals surface area contributed by atoms with E-state index in [1.165, 1.54) is 17.4 Å². The summed E-state index contributed by atoms with van der Waals surface area (Å²) in [5.74, 6) is -2.50. The lowest BCUT2D eigenvalue weighted by molar-refractivity contribution is -0.142. The van der Waals surface area contributed by atoms with Crippen molar-refractivity contribution in [3.05, 3.63) is 64.4 Å². The highest BCUT2D eigenvalue weighted by Gasteiger charge is 2.37. The molecule has 4 rings (SSSR count). The lowest BCUT2D eigenvalue weighted by Crippen LogP contribution is -2.25. The number of nitrogens with one attached hydrogen (secondary N) is 1. The number of rotatable bonds is 6. The highest BCUT2D eigenvalue weighted by Crippen LogP contribution is 2.35. The smallest absolute Gasteiger partial charge is 0.307 e. The Bertz CT molecular complexity index is 1120. The first kappa shape index (κ1) is 21.2. The number of carbonyl (C=O) groups is 2. The summed E-state index contributed by atoms with van der Waals surface area (Å²) in [4.78, 5) is 29.6. The SMILES string of the molecule is Cc1nc(Nc2ccc(-c3ccc(C(=O)C4CCCC4C(=O)O)cc3)cc2F)sc1C. The van der Waals surface area contributed by atoms with Gasteiger partial charge in [0.1, 0.15) is 5.82 Å². The Morgan fingerprint density at radius 1 is 1.06 bits per heavy atom. The van der Waals surface area contributed by atoms with Crippen LogP contribution in [0, 0.1) is 31.5 Å². The summed E-state index contributed by atoms with van der Waals surface area (Å²) in [6, 6.07) is 11.9. The summed E-state index contributed by atoms with van der Waals surface area (Å²) in [6.45, 7) is 3.89. The quantitative estimate of drug-likeness (QED) is 0.462. The Morgan fingerprint density at radius 3 is 2.35 bits per heavy atom. The van der Waals surface area contributed by atoms with Crippen molar-refractivity contribution in [1.29, 1.82) is 0 Å². The number of ketones is 1. The Morgan fingerprint density at radius 2 is 1.74 bits per heavy atom. The van der Waals surface area contributed by atoms with Crippen LogP contribution in [0.25, 0.3) is 11.1 Å². The molecular formula is C24H23FN2O3S. The fourth-order valence-corrected chi connectivity index (χ4v) is 4.87. The number of thiazole rings is 1. The van der Waals surface area contributed by atoms with Crippen LogP contribution in [0.4, 0.5) is 15.2 Å². The van der Waals surface area contributed by atoms with E-state index in [0.29, 0.717) is 34.8 Å². The first-order chi connectivity index (χ1) is 14.8. The summed E-state index contributed by atoms with van der Waals surface area (Å²) in [5.41, 5.74) is 3.24. The first-order valence-corrected chi connectivity index (χ1v) is 11.0. The number of aliphatic carboxylic acids is 1. The van der Waals surface area contributed by atoms with Crippen molar-refractivity contribution >= 4 is 33.9 Å². The largest absolute Gasteiger partial charge is 0.481 e. The number of carboxylic acids is 1. The summed E-state index contributed by atoms with van der Waals surface area (Å²) in [5, 5.41) is 13.0. The van der Waals surface area contributed by atoms with E-state index in [-0.39, 0.29) is 5.78 Å². The Labute approximate surface area is 184 Å². The molecule has 0 radical (unpaired) electrons. The molecule has 31 heavy (non-hydrogen) atoms. The standard InChI is InChI=1S/C24H23FN2O3S/c1-13-14(2)31-24(26-13)27-21-11-10-17(12-20(21)25)15-6-8-16(9-7-15)22(28)18-4-3-5-19(18)23(29)30/h6-12,18-19H,3-5H2,1-2H3,(H,26,27)(H,29,30). The van der Waals surface area contributed by atoms with Crippen molar-refractivity contribution in [2.75, 3.05) is 5.32 Å². The van der Waals surface area contributed by atoms with Crippen molar-refractivity contribution in [2.45, 2.75) is 33.1 Å². The number of nitrogens with zero attached hydrogens (tertiary/aromatic N) is 1. The highest BCUT2D eigenvalue weighted by molar-refractivity contribution is 7.15. The van der Waals surface area contributed by atoms with Gasteiger partial charge in [0, 0.05) is 16.4 Å². The van der Waals surface area contributed by atoms with Gasteiger partial charge in [-0.2, -0.15) is 0 Å². The molecule has 1 heterocycles. The zero-order valence-electron chi connectivity index (χ0n) is 17.3. The van der Waals surface area contributed by atoms with Gasteiger partial charge < -0.3 is 10.4 Å². The molecule has 3 aromatic rings. The summed E-state index contributed by atoms with van der Waals surface area (Å²) < 4.78 is 14.7. The number of hydrogen-bond acceptors (Lipinski definition) is 5. The van der Waals surface area contributed by atoms with Gasteiger partial charge in [0.25, 0.3) is 0 Å². The van der Waals surface area contributed by atoms with Gasteiger partial charge in [-0.3, -0.25) is 9.59 Å². The molecule has 1 aromatic heterocycles. The van der Waals surface area contributed by atoms with Crippen molar-refractivity contribution in [2.24, 2.45) is 11.8 Å². The monoisotopic (exact) mass is 438 g/mol. The minimum Gasteiger partial charge on any atom is -0.481 e. The van der Waals surface area contributed by atoms with Gasteiger partial charge in [0.05, 0.1) is 17.3 Å². The normalized spacial score (nSPS) is 18.2. The second-order valence-electron chi connectivity index (χ2n) is 7.90. The Balaban J connectivity index is 1.50. The van der Waals surface area contributed by atoms with E-state index < -0.39 is 23.6 Å². The molecule has 160 valence electrons. The molecule has 5 nitrogen and oxygen atoms in total. The zero-order valence-corrected chi connectivity index (χ0v) is 18.1. The molecule has 0 amide bonds. The first-order valence-electron chi connectivity index (χ1n) is 10.2. The van der Waals surface area contributed by atoms with Crippen LogP contribution in [0.5, 0.6) is 0 Å². The molecule has 2 unspecified atom stereocenters. The van der Waals surface area contributed by atoms with E-state index in [4.69, 9.17) is 0 Å². The number of aromatic nitrogens is 1. The zero-order chi connectivity index (χ0) is 22.1. The molecule has 0 saturated heterocycles. The average molecular weight is 439 g/mol. The van der Waals surface area contributed by atoms with Crippen LogP contribution in [0.1, 0.15) is 40.2 Å². The van der Waals surface area contributed by atoms with Gasteiger partial charge in [-0.1, -0.05) is 36.8 Å². The molecule has 0 aliphatic heterocycles. The van der Waals surface area contributed by atoms with Crippen molar-refractivity contribution in [1.82, 2.24) is 4.98 Å². The van der Waals surface area contributed by atoms with Crippen LogP contribution in [0.15, 0.2) is 42.5 Å². The number of aryl methyl sites for hydroxylation is 2. The second kappa shape index (κ2) is 8.59. The molecule has 0 spiro atoms. The minimum atomic E-state index is -0.903. The molecule has 1 saturated carbocycles. The van der Waals surface area contributed by atoms with E-state index in [1.54, 1.807) is 30.3 Å². The maximum Gasteiger partial charge on any atom is 0.307 e. The van der Waals surface area contributed by atoms with Crippen LogP contribution in [0.3, 0.4) is 0 Å². The van der Waals surface area contributed by atoms with E-state index >= 15 is 0 Å². The van der Waals surface area contributed by atoms with Gasteiger partial charge in [-0.15, -0.1) is 11.3 Å². The van der Waals surface area contributed by atoms with Gasteiger partial charge in [-0.25, -0.2) is 9.37 Å². The molecule has 2 atom stereocenters. The number of carboxylic acid groups (broad SMARTS) is 1. The molecule has 0 bridgehead atoms. The maximum absolute atomic E-state index is 14.7. The molecule has 7 heteroatoms. The average Bonchev–Trinajstić information content (AvgIpc) is 3.36. The van der Waals surface area contributed by atoms with Crippen molar-refractivity contribution in [3.63, 3.8) is 0 Å². The van der Waals surface area contributed by atoms with Crippen LogP contribution >= 0.6 is 11.3 Å². The van der Waals surface area contributed by atoms with Crippen molar-refractivity contribution in [3.8, 4) is 11.1 Å². The molecule has 2 aromatic carbocycles. The van der Waals surface area contributed by atoms with E-state index in [1.807, 2.05) is 19.9 Å². The fourth-order valence-electron chi connectivity index (χ4n) is 4.05. The van der Waals surface area contributed by atoms with Gasteiger partial charge in [-0.05, 0) is 49.9 Å². The van der Waals surface area contributed by atoms with E-state index in [9.17, 15) is 19.1 Å². The second-order valence-corrected chi connectivity index (χ2v) is 9.11. The predicted molar refractivity (Wildman–Crippen MR) is 120 cm³/mol. The fraction of sp³-hybridized carbons (Fsp3) is 0.292. The van der Waals surface area contributed by atoms with Crippen LogP contribution in [0.2, 0.25) is 0 Å². The number of carbonyl (C=O) groups excluding carboxylic acids is 1. The molecule has 1 aliphatic carbocycles. The number of benzene rings is 2. The third-order valence-corrected chi connectivity index (χ3v) is 6.90. The third kappa shape index (κ3) is 4.37. The summed E-state index contributed by atoms with van der Waals surface area (Å²) >= 11 is 1.48. The lowest BCUT2D eigenvalue weighted by atomic mass is 9.88. The van der Waals surface area contributed by atoms with Gasteiger partial charge in [0.2, 0.25) is 0 Å². The lowest BCUT2D eigenvalue weighted by Gasteiger charge is -2.15. The molecule has 1 fully saturated rings. The summed E-state index contributed by atoms with van der Waals surface area (Å²) in [7, 11) is 0. The number of hydrogen-bond donors (Lipinski definition) is 2. The van der Waals surface area contributed by atoms with E-state index in [2.05, 4.69) is 10.3 Å². The van der Waals surface area contributed by atoms with Crippen LogP contribution < -0.4 is 5.32 Å². The van der Waals surface area contributed by atoms with Crippen molar-refractivity contribution < 1.29 is 19.1 Å². The van der Waals surface area contributed by atoms with Gasteiger partial charge in [0.15, 0.2) is 10.9 Å². The number of halogens is 1. The van der Waals surface area contributed by atoms with Crippen LogP contribution in [-0.4, -0.2) is 21.8 Å². The summed E-state index contributed by atoms with van der Waals surface area (Å²) in [6.07, 6.45) is 1.91. The minimum absolute atomic E-state index is 0.129. The molecular weight excluding hydrogens is 415 g/mol. The Hall–Kier alpha value is -3.06.